The molecule has 0 unspecified atom stereocenters. The lowest BCUT2D eigenvalue weighted by Crippen LogP contribution is -2.13. The van der Waals surface area contributed by atoms with E-state index < -0.39 is 0 Å². The smallest absolute Gasteiger partial charge is 0.0299 e. The summed E-state index contributed by atoms with van der Waals surface area (Å²) in [6.07, 6.45) is 6.42. The normalized spacial score (nSPS) is 10.9. The van der Waals surface area contributed by atoms with Gasteiger partial charge in [-0.1, -0.05) is 19.3 Å². The molecule has 0 saturated heterocycles. The summed E-state index contributed by atoms with van der Waals surface area (Å²) in [5.74, 6) is 0. The highest BCUT2D eigenvalue weighted by molar-refractivity contribution is 7.11. The Morgan fingerprint density at radius 2 is 1.88 bits per heavy atom. The molecule has 0 amide bonds. The van der Waals surface area contributed by atoms with Gasteiger partial charge in [0.2, 0.25) is 0 Å². The minimum absolute atomic E-state index is 0.843. The standard InChI is InChI=1S/C13H24N2S/c1-12-7-8-13(16-12)11-15-10-6-4-2-3-5-9-14/h7-8,15H,2-6,9-11,14H2,1H3. The maximum atomic E-state index is 5.45. The molecule has 1 aromatic heterocycles. The Labute approximate surface area is 103 Å². The highest BCUT2D eigenvalue weighted by Crippen LogP contribution is 2.14. The summed E-state index contributed by atoms with van der Waals surface area (Å²) in [4.78, 5) is 2.85. The van der Waals surface area contributed by atoms with Crippen LogP contribution in [0.3, 0.4) is 0 Å². The van der Waals surface area contributed by atoms with Gasteiger partial charge in [0.1, 0.15) is 0 Å². The Hall–Kier alpha value is -0.380. The van der Waals surface area contributed by atoms with Crippen LogP contribution in [0, 0.1) is 6.92 Å². The summed E-state index contributed by atoms with van der Waals surface area (Å²) in [6, 6.07) is 4.41. The lowest BCUT2D eigenvalue weighted by molar-refractivity contribution is 0.579. The monoisotopic (exact) mass is 240 g/mol. The third-order valence-electron chi connectivity index (χ3n) is 2.65. The van der Waals surface area contributed by atoms with Crippen molar-refractivity contribution in [1.82, 2.24) is 5.32 Å². The molecule has 0 atom stereocenters. The van der Waals surface area contributed by atoms with Crippen molar-refractivity contribution in [3.63, 3.8) is 0 Å². The topological polar surface area (TPSA) is 38.0 Å². The minimum Gasteiger partial charge on any atom is -0.330 e. The molecule has 0 aromatic carbocycles. The van der Waals surface area contributed by atoms with Crippen molar-refractivity contribution in [2.24, 2.45) is 5.73 Å². The van der Waals surface area contributed by atoms with Crippen molar-refractivity contribution < 1.29 is 0 Å². The van der Waals surface area contributed by atoms with Crippen LogP contribution in [-0.4, -0.2) is 13.1 Å². The quantitative estimate of drug-likeness (QED) is 0.651. The van der Waals surface area contributed by atoms with Gasteiger partial charge in [-0.05, 0) is 45.0 Å². The SMILES string of the molecule is Cc1ccc(CNCCCCCCCN)s1. The predicted molar refractivity (Wildman–Crippen MR) is 72.9 cm³/mol. The third kappa shape index (κ3) is 6.26. The maximum absolute atomic E-state index is 5.45. The highest BCUT2D eigenvalue weighted by Gasteiger charge is 1.95. The van der Waals surface area contributed by atoms with E-state index in [2.05, 4.69) is 24.4 Å². The number of nitrogens with one attached hydrogen (secondary N) is 1. The zero-order chi connectivity index (χ0) is 11.6. The number of rotatable bonds is 9. The molecular formula is C13H24N2S. The Bertz CT molecular complexity index is 271. The summed E-state index contributed by atoms with van der Waals surface area (Å²) in [5.41, 5.74) is 5.45. The Morgan fingerprint density at radius 3 is 2.56 bits per heavy atom. The van der Waals surface area contributed by atoms with Gasteiger partial charge in [-0.25, -0.2) is 0 Å². The first-order valence-corrected chi connectivity index (χ1v) is 7.10. The highest BCUT2D eigenvalue weighted by atomic mass is 32.1. The molecule has 1 aromatic rings. The average Bonchev–Trinajstić information content (AvgIpc) is 2.68. The molecule has 0 aliphatic carbocycles. The second-order valence-electron chi connectivity index (χ2n) is 4.25. The van der Waals surface area contributed by atoms with Crippen LogP contribution in [0.4, 0.5) is 0 Å². The van der Waals surface area contributed by atoms with Crippen molar-refractivity contribution in [1.29, 1.82) is 0 Å². The molecule has 0 saturated carbocycles. The summed E-state index contributed by atoms with van der Waals surface area (Å²) < 4.78 is 0. The molecule has 3 heteroatoms. The van der Waals surface area contributed by atoms with Crippen LogP contribution in [0.25, 0.3) is 0 Å². The second kappa shape index (κ2) is 8.74. The van der Waals surface area contributed by atoms with Crippen molar-refractivity contribution in [2.45, 2.75) is 45.6 Å². The maximum Gasteiger partial charge on any atom is 0.0299 e. The van der Waals surface area contributed by atoms with E-state index in [-0.39, 0.29) is 0 Å². The first-order chi connectivity index (χ1) is 7.83. The van der Waals surface area contributed by atoms with Crippen molar-refractivity contribution >= 4 is 11.3 Å². The molecule has 1 heterocycles. The molecule has 0 radical (unpaired) electrons. The fourth-order valence-corrected chi connectivity index (χ4v) is 2.58. The van der Waals surface area contributed by atoms with E-state index >= 15 is 0 Å². The van der Waals surface area contributed by atoms with E-state index in [1.54, 1.807) is 0 Å². The van der Waals surface area contributed by atoms with Gasteiger partial charge in [-0.2, -0.15) is 0 Å². The molecule has 1 rings (SSSR count). The van der Waals surface area contributed by atoms with Crippen molar-refractivity contribution in [2.75, 3.05) is 13.1 Å². The van der Waals surface area contributed by atoms with Crippen LogP contribution >= 0.6 is 11.3 Å². The van der Waals surface area contributed by atoms with Gasteiger partial charge in [0.15, 0.2) is 0 Å². The third-order valence-corrected chi connectivity index (χ3v) is 3.65. The Morgan fingerprint density at radius 1 is 1.12 bits per heavy atom. The zero-order valence-electron chi connectivity index (χ0n) is 10.3. The van der Waals surface area contributed by atoms with Gasteiger partial charge in [0.05, 0.1) is 0 Å². The summed E-state index contributed by atoms with van der Waals surface area (Å²) in [7, 11) is 0. The van der Waals surface area contributed by atoms with E-state index in [9.17, 15) is 0 Å². The lowest BCUT2D eigenvalue weighted by atomic mass is 10.1. The van der Waals surface area contributed by atoms with Crippen molar-refractivity contribution in [3.8, 4) is 0 Å². The predicted octanol–water partition coefficient (Wildman–Crippen LogP) is 3.06. The van der Waals surface area contributed by atoms with Gasteiger partial charge in [-0.15, -0.1) is 11.3 Å². The molecule has 16 heavy (non-hydrogen) atoms. The molecule has 0 spiro atoms. The number of thiophene rings is 1. The van der Waals surface area contributed by atoms with Gasteiger partial charge in [0.25, 0.3) is 0 Å². The van der Waals surface area contributed by atoms with E-state index in [1.807, 2.05) is 11.3 Å². The molecule has 0 aliphatic rings. The first kappa shape index (κ1) is 13.7. The van der Waals surface area contributed by atoms with Gasteiger partial charge in [0, 0.05) is 16.3 Å². The number of hydrogen-bond acceptors (Lipinski definition) is 3. The fraction of sp³-hybridized carbons (Fsp3) is 0.692. The lowest BCUT2D eigenvalue weighted by Gasteiger charge is -2.03. The number of aryl methyl sites for hydroxylation is 1. The summed E-state index contributed by atoms with van der Waals surface area (Å²) in [6.45, 7) is 5.17. The molecule has 0 bridgehead atoms. The van der Waals surface area contributed by atoms with Crippen LogP contribution in [0.2, 0.25) is 0 Å². The molecule has 0 fully saturated rings. The molecule has 2 nitrogen and oxygen atoms in total. The second-order valence-corrected chi connectivity index (χ2v) is 5.62. The van der Waals surface area contributed by atoms with Crippen LogP contribution < -0.4 is 11.1 Å². The fourth-order valence-electron chi connectivity index (χ4n) is 1.72. The summed E-state index contributed by atoms with van der Waals surface area (Å²) >= 11 is 1.89. The number of unbranched alkanes of at least 4 members (excludes halogenated alkanes) is 4. The van der Waals surface area contributed by atoms with Gasteiger partial charge < -0.3 is 11.1 Å². The number of hydrogen-bond donors (Lipinski definition) is 2. The molecular weight excluding hydrogens is 216 g/mol. The average molecular weight is 240 g/mol. The van der Waals surface area contributed by atoms with Crippen LogP contribution in [0.5, 0.6) is 0 Å². The van der Waals surface area contributed by atoms with Crippen LogP contribution in [-0.2, 0) is 6.54 Å². The van der Waals surface area contributed by atoms with Crippen LogP contribution in [0.1, 0.15) is 41.9 Å². The Kier molecular flexibility index (Phi) is 7.47. The van der Waals surface area contributed by atoms with E-state index in [0.29, 0.717) is 0 Å². The van der Waals surface area contributed by atoms with Crippen molar-refractivity contribution in [3.05, 3.63) is 21.9 Å². The summed E-state index contributed by atoms with van der Waals surface area (Å²) in [5, 5.41) is 3.49. The first-order valence-electron chi connectivity index (χ1n) is 6.29. The molecule has 92 valence electrons. The van der Waals surface area contributed by atoms with E-state index in [0.717, 1.165) is 19.6 Å². The van der Waals surface area contributed by atoms with Crippen LogP contribution in [0.15, 0.2) is 12.1 Å². The molecule has 0 aliphatic heterocycles. The largest absolute Gasteiger partial charge is 0.330 e. The Balaban J connectivity index is 1.88. The van der Waals surface area contributed by atoms with Gasteiger partial charge in [-0.3, -0.25) is 0 Å². The molecule has 3 N–H and O–H groups in total. The van der Waals surface area contributed by atoms with Gasteiger partial charge >= 0.3 is 0 Å². The van der Waals surface area contributed by atoms with E-state index in [1.165, 1.54) is 41.9 Å². The minimum atomic E-state index is 0.843. The van der Waals surface area contributed by atoms with E-state index in [4.69, 9.17) is 5.73 Å². The zero-order valence-corrected chi connectivity index (χ0v) is 11.1. The number of nitrogens with two attached hydrogens (primary N) is 1.